The number of carbonyl (C=O) groups is 1. The minimum atomic E-state index is -0.377. The van der Waals surface area contributed by atoms with E-state index in [1.54, 1.807) is 25.3 Å². The molecule has 6 nitrogen and oxygen atoms in total. The summed E-state index contributed by atoms with van der Waals surface area (Å²) in [6, 6.07) is 11.6. The Morgan fingerprint density at radius 1 is 1.20 bits per heavy atom. The van der Waals surface area contributed by atoms with Crippen molar-refractivity contribution in [3.63, 3.8) is 0 Å². The molecular weight excluding hydrogens is 336 g/mol. The highest BCUT2D eigenvalue weighted by Gasteiger charge is 2.26. The molecule has 0 N–H and O–H groups in total. The Balaban J connectivity index is 1.94. The van der Waals surface area contributed by atoms with Gasteiger partial charge in [-0.1, -0.05) is 42.1 Å². The molecule has 0 spiro atoms. The fourth-order valence-electron chi connectivity index (χ4n) is 2.50. The van der Waals surface area contributed by atoms with Gasteiger partial charge in [0.1, 0.15) is 11.0 Å². The molecule has 0 radical (unpaired) electrons. The van der Waals surface area contributed by atoms with Crippen molar-refractivity contribution in [2.24, 2.45) is 7.05 Å². The lowest BCUT2D eigenvalue weighted by molar-refractivity contribution is -0.128. The molecule has 0 fully saturated rings. The molecule has 2 heterocycles. The van der Waals surface area contributed by atoms with E-state index in [-0.39, 0.29) is 11.2 Å². The average Bonchev–Trinajstić information content (AvgIpc) is 3.18. The molecule has 0 saturated carbocycles. The van der Waals surface area contributed by atoms with E-state index in [4.69, 9.17) is 4.42 Å². The molecule has 3 rings (SSSR count). The number of likely N-dealkylation sites (N-methyl/N-ethyl adjacent to an activating group) is 1. The molecule has 0 aliphatic heterocycles. The minimum absolute atomic E-state index is 0.0141. The van der Waals surface area contributed by atoms with Crippen LogP contribution in [0.5, 0.6) is 0 Å². The van der Waals surface area contributed by atoms with E-state index in [9.17, 15) is 4.79 Å². The molecule has 1 atom stereocenters. The minimum Gasteiger partial charge on any atom is -0.469 e. The Labute approximate surface area is 150 Å². The van der Waals surface area contributed by atoms with E-state index in [1.165, 1.54) is 11.8 Å². The van der Waals surface area contributed by atoms with Gasteiger partial charge in [-0.3, -0.25) is 4.79 Å². The zero-order chi connectivity index (χ0) is 18.0. The van der Waals surface area contributed by atoms with Gasteiger partial charge in [-0.05, 0) is 18.6 Å². The first kappa shape index (κ1) is 17.3. The molecule has 130 valence electrons. The summed E-state index contributed by atoms with van der Waals surface area (Å²) in [7, 11) is 5.41. The van der Waals surface area contributed by atoms with Crippen LogP contribution in [0.4, 0.5) is 0 Å². The number of aromatic nitrogens is 3. The maximum absolute atomic E-state index is 12.7. The Morgan fingerprint density at radius 2 is 1.92 bits per heavy atom. The highest BCUT2D eigenvalue weighted by Crippen LogP contribution is 2.36. The Kier molecular flexibility index (Phi) is 4.94. The van der Waals surface area contributed by atoms with Crippen molar-refractivity contribution in [2.45, 2.75) is 17.3 Å². The van der Waals surface area contributed by atoms with Crippen molar-refractivity contribution in [3.05, 3.63) is 54.0 Å². The first-order valence-corrected chi connectivity index (χ1v) is 8.73. The fraction of sp³-hybridized carbons (Fsp3) is 0.278. The second kappa shape index (κ2) is 7.14. The van der Waals surface area contributed by atoms with Gasteiger partial charge in [0.25, 0.3) is 0 Å². The lowest BCUT2D eigenvalue weighted by Crippen LogP contribution is -2.26. The lowest BCUT2D eigenvalue weighted by Gasteiger charge is -2.20. The van der Waals surface area contributed by atoms with E-state index in [1.807, 2.05) is 54.9 Å². The van der Waals surface area contributed by atoms with E-state index < -0.39 is 0 Å². The number of nitrogens with zero attached hydrogens (tertiary/aromatic N) is 4. The molecule has 3 aromatic rings. The highest BCUT2D eigenvalue weighted by molar-refractivity contribution is 8.00. The van der Waals surface area contributed by atoms with Crippen LogP contribution in [0.15, 0.2) is 52.2 Å². The van der Waals surface area contributed by atoms with Crippen LogP contribution in [-0.2, 0) is 11.8 Å². The summed E-state index contributed by atoms with van der Waals surface area (Å²) in [5, 5.41) is 8.86. The van der Waals surface area contributed by atoms with Gasteiger partial charge in [-0.2, -0.15) is 0 Å². The first-order valence-electron chi connectivity index (χ1n) is 7.85. The third-order valence-electron chi connectivity index (χ3n) is 3.93. The maximum Gasteiger partial charge on any atom is 0.240 e. The molecule has 0 unspecified atom stereocenters. The van der Waals surface area contributed by atoms with Crippen molar-refractivity contribution in [3.8, 4) is 11.4 Å². The summed E-state index contributed by atoms with van der Waals surface area (Å²) in [5.74, 6) is 1.52. The maximum atomic E-state index is 12.7. The SMILES string of the molecule is Cc1occc1-c1nnc(S[C@H](C(=O)N(C)C)c2ccccc2)n1C. The van der Waals surface area contributed by atoms with Crippen LogP contribution in [0.2, 0.25) is 0 Å². The predicted molar refractivity (Wildman–Crippen MR) is 97.2 cm³/mol. The van der Waals surface area contributed by atoms with Gasteiger partial charge in [0.05, 0.1) is 11.8 Å². The fourth-order valence-corrected chi connectivity index (χ4v) is 3.65. The highest BCUT2D eigenvalue weighted by atomic mass is 32.2. The summed E-state index contributed by atoms with van der Waals surface area (Å²) in [6.45, 7) is 1.89. The van der Waals surface area contributed by atoms with Gasteiger partial charge in [-0.15, -0.1) is 10.2 Å². The number of hydrogen-bond donors (Lipinski definition) is 0. The number of furan rings is 1. The smallest absolute Gasteiger partial charge is 0.240 e. The third-order valence-corrected chi connectivity index (χ3v) is 5.20. The summed E-state index contributed by atoms with van der Waals surface area (Å²) in [4.78, 5) is 14.3. The Morgan fingerprint density at radius 3 is 2.52 bits per heavy atom. The van der Waals surface area contributed by atoms with Crippen LogP contribution >= 0.6 is 11.8 Å². The van der Waals surface area contributed by atoms with Crippen molar-refractivity contribution in [1.29, 1.82) is 0 Å². The van der Waals surface area contributed by atoms with Crippen LogP contribution in [0.1, 0.15) is 16.6 Å². The summed E-state index contributed by atoms with van der Waals surface area (Å²) >= 11 is 1.40. The first-order chi connectivity index (χ1) is 12.0. The average molecular weight is 356 g/mol. The summed E-state index contributed by atoms with van der Waals surface area (Å²) < 4.78 is 7.24. The predicted octanol–water partition coefficient (Wildman–Crippen LogP) is 3.31. The summed E-state index contributed by atoms with van der Waals surface area (Å²) in [6.07, 6.45) is 1.63. The monoisotopic (exact) mass is 356 g/mol. The van der Waals surface area contributed by atoms with Gasteiger partial charge >= 0.3 is 0 Å². The zero-order valence-corrected chi connectivity index (χ0v) is 15.4. The van der Waals surface area contributed by atoms with E-state index >= 15 is 0 Å². The van der Waals surface area contributed by atoms with Crippen molar-refractivity contribution >= 4 is 17.7 Å². The van der Waals surface area contributed by atoms with Crippen LogP contribution in [-0.4, -0.2) is 39.7 Å². The van der Waals surface area contributed by atoms with Gasteiger partial charge in [0.15, 0.2) is 11.0 Å². The molecule has 0 saturated heterocycles. The molecule has 25 heavy (non-hydrogen) atoms. The van der Waals surface area contributed by atoms with Gasteiger partial charge in [0, 0.05) is 21.1 Å². The van der Waals surface area contributed by atoms with Gasteiger partial charge in [0.2, 0.25) is 5.91 Å². The summed E-state index contributed by atoms with van der Waals surface area (Å²) in [5.41, 5.74) is 1.84. The Bertz CT molecular complexity index is 870. The number of carbonyl (C=O) groups excluding carboxylic acids is 1. The van der Waals surface area contributed by atoms with Crippen molar-refractivity contribution < 1.29 is 9.21 Å². The van der Waals surface area contributed by atoms with Crippen molar-refractivity contribution in [1.82, 2.24) is 19.7 Å². The van der Waals surface area contributed by atoms with Crippen molar-refractivity contribution in [2.75, 3.05) is 14.1 Å². The molecular formula is C18H20N4O2S. The van der Waals surface area contributed by atoms with Crippen LogP contribution in [0, 0.1) is 6.92 Å². The third kappa shape index (κ3) is 3.46. The Hall–Kier alpha value is -2.54. The molecule has 2 aromatic heterocycles. The molecule has 7 heteroatoms. The van der Waals surface area contributed by atoms with E-state index in [2.05, 4.69) is 10.2 Å². The zero-order valence-electron chi connectivity index (χ0n) is 14.6. The molecule has 0 aliphatic rings. The number of amides is 1. The normalized spacial score (nSPS) is 12.2. The number of rotatable bonds is 5. The largest absolute Gasteiger partial charge is 0.469 e. The topological polar surface area (TPSA) is 64.2 Å². The van der Waals surface area contributed by atoms with E-state index in [0.29, 0.717) is 5.16 Å². The molecule has 1 aromatic carbocycles. The number of hydrogen-bond acceptors (Lipinski definition) is 5. The van der Waals surface area contributed by atoms with Crippen LogP contribution in [0.25, 0.3) is 11.4 Å². The van der Waals surface area contributed by atoms with Gasteiger partial charge < -0.3 is 13.9 Å². The second-order valence-corrected chi connectivity index (χ2v) is 6.97. The van der Waals surface area contributed by atoms with Crippen LogP contribution < -0.4 is 0 Å². The standard InChI is InChI=1S/C18H20N4O2S/c1-12-14(10-11-24-12)16-19-20-18(22(16)4)25-15(17(23)21(2)3)13-8-6-5-7-9-13/h5-11,15H,1-4H3/t15-/m0/s1. The van der Waals surface area contributed by atoms with Crippen LogP contribution in [0.3, 0.4) is 0 Å². The number of aryl methyl sites for hydroxylation is 1. The second-order valence-electron chi connectivity index (χ2n) is 5.90. The molecule has 0 bridgehead atoms. The number of benzene rings is 1. The molecule has 0 aliphatic carbocycles. The van der Waals surface area contributed by atoms with E-state index in [0.717, 1.165) is 22.7 Å². The lowest BCUT2D eigenvalue weighted by atomic mass is 10.1. The quantitative estimate of drug-likeness (QED) is 0.656. The molecule has 1 amide bonds. The number of thioether (sulfide) groups is 1. The van der Waals surface area contributed by atoms with Gasteiger partial charge in [-0.25, -0.2) is 0 Å².